The predicted molar refractivity (Wildman–Crippen MR) is 186 cm³/mol. The number of nitrogens with zero attached hydrogens (tertiary/aromatic N) is 4. The fourth-order valence-corrected chi connectivity index (χ4v) is 9.09. The Labute approximate surface area is 275 Å². The summed E-state index contributed by atoms with van der Waals surface area (Å²) in [6, 6.07) is 32.9. The topological polar surface area (TPSA) is 31.2 Å². The number of benzene rings is 4. The molecule has 0 aliphatic carbocycles. The highest BCUT2D eigenvalue weighted by atomic mass is 79.9. The number of thioether (sulfide) groups is 2. The van der Waals surface area contributed by atoms with Crippen molar-refractivity contribution in [1.29, 1.82) is 0 Å². The summed E-state index contributed by atoms with van der Waals surface area (Å²) in [6.07, 6.45) is 2.27. The first kappa shape index (κ1) is 28.3. The lowest BCUT2D eigenvalue weighted by atomic mass is 10.2. The largest absolute Gasteiger partial charge is 0.243 e. The van der Waals surface area contributed by atoms with Crippen molar-refractivity contribution < 1.29 is 0 Å². The summed E-state index contributed by atoms with van der Waals surface area (Å²) in [6.45, 7) is 2.20. The molecule has 2 heterocycles. The summed E-state index contributed by atoms with van der Waals surface area (Å²) in [7, 11) is 0. The van der Waals surface area contributed by atoms with E-state index >= 15 is 0 Å². The minimum Gasteiger partial charge on any atom is -0.243 e. The van der Waals surface area contributed by atoms with E-state index < -0.39 is 4.87 Å². The lowest BCUT2D eigenvalue weighted by molar-refractivity contribution is 0.728. The van der Waals surface area contributed by atoms with Crippen LogP contribution in [0.25, 0.3) is 0 Å². The van der Waals surface area contributed by atoms with Crippen molar-refractivity contribution in [1.82, 2.24) is 0 Å². The molecule has 4 aromatic rings. The van der Waals surface area contributed by atoms with E-state index in [0.29, 0.717) is 0 Å². The zero-order valence-electron chi connectivity index (χ0n) is 20.9. The van der Waals surface area contributed by atoms with Gasteiger partial charge in [-0.3, -0.25) is 0 Å². The van der Waals surface area contributed by atoms with Crippen molar-refractivity contribution in [3.05, 3.63) is 137 Å². The van der Waals surface area contributed by atoms with E-state index in [1.54, 1.807) is 23.5 Å². The van der Waals surface area contributed by atoms with Crippen LogP contribution in [-0.2, 0) is 0 Å². The Morgan fingerprint density at radius 1 is 0.675 bits per heavy atom. The maximum absolute atomic E-state index is 5.16. The molecule has 2 aliphatic heterocycles. The van der Waals surface area contributed by atoms with Gasteiger partial charge in [0.05, 0.1) is 11.4 Å². The molecule has 0 saturated heterocycles. The second kappa shape index (κ2) is 11.8. The van der Waals surface area contributed by atoms with E-state index in [0.717, 1.165) is 55.5 Å². The van der Waals surface area contributed by atoms with Crippen LogP contribution < -0.4 is 10.0 Å². The molecular formula is C30H20Br4N4S2. The third-order valence-corrected chi connectivity index (χ3v) is 10.7. The number of rotatable bonds is 5. The van der Waals surface area contributed by atoms with Crippen molar-refractivity contribution in [2.45, 2.75) is 11.8 Å². The Balaban J connectivity index is 1.47. The van der Waals surface area contributed by atoms with Gasteiger partial charge in [-0.15, -0.1) is 0 Å². The van der Waals surface area contributed by atoms with Crippen LogP contribution in [0.15, 0.2) is 136 Å². The SMILES string of the molecule is CC1(C=C2SC(c3ccccc3)=NN2c2ccc(Br)cc2Br)SC(c2ccccc2)=NN1c1ccc(Br)cc1Br. The fraction of sp³-hybridized carbons (Fsp3) is 0.0667. The minimum atomic E-state index is -0.550. The van der Waals surface area contributed by atoms with Gasteiger partial charge < -0.3 is 0 Å². The number of hydrazone groups is 2. The van der Waals surface area contributed by atoms with Gasteiger partial charge in [0.1, 0.15) is 20.0 Å². The predicted octanol–water partition coefficient (Wildman–Crippen LogP) is 10.8. The van der Waals surface area contributed by atoms with Gasteiger partial charge >= 0.3 is 0 Å². The number of hydrogen-bond acceptors (Lipinski definition) is 6. The Hall–Kier alpha value is -1.82. The second-order valence-corrected chi connectivity index (χ2v) is 15.1. The first-order valence-corrected chi connectivity index (χ1v) is 17.0. The van der Waals surface area contributed by atoms with Gasteiger partial charge in [0.15, 0.2) is 0 Å². The quantitative estimate of drug-likeness (QED) is 0.201. The summed E-state index contributed by atoms with van der Waals surface area (Å²) < 4.78 is 3.90. The lowest BCUT2D eigenvalue weighted by Crippen LogP contribution is -2.36. The lowest BCUT2D eigenvalue weighted by Gasteiger charge is -2.32. The molecule has 4 nitrogen and oxygen atoms in total. The molecule has 0 aromatic heterocycles. The third kappa shape index (κ3) is 5.76. The van der Waals surface area contributed by atoms with E-state index in [2.05, 4.69) is 124 Å². The van der Waals surface area contributed by atoms with Gasteiger partial charge in [-0.25, -0.2) is 10.0 Å². The van der Waals surface area contributed by atoms with Gasteiger partial charge in [-0.2, -0.15) is 10.2 Å². The van der Waals surface area contributed by atoms with Crippen LogP contribution in [0.2, 0.25) is 0 Å². The van der Waals surface area contributed by atoms with E-state index in [-0.39, 0.29) is 0 Å². The molecule has 0 radical (unpaired) electrons. The molecule has 0 amide bonds. The van der Waals surface area contributed by atoms with Crippen LogP contribution in [0.4, 0.5) is 11.4 Å². The highest BCUT2D eigenvalue weighted by molar-refractivity contribution is 9.11. The fourth-order valence-electron chi connectivity index (χ4n) is 4.33. The Kier molecular flexibility index (Phi) is 8.36. The first-order valence-electron chi connectivity index (χ1n) is 12.2. The molecule has 0 spiro atoms. The van der Waals surface area contributed by atoms with Crippen molar-refractivity contribution in [2.75, 3.05) is 10.0 Å². The van der Waals surface area contributed by atoms with Crippen LogP contribution in [0, 0.1) is 0 Å². The van der Waals surface area contributed by atoms with Crippen LogP contribution in [0.1, 0.15) is 18.1 Å². The van der Waals surface area contributed by atoms with E-state index in [4.69, 9.17) is 10.2 Å². The van der Waals surface area contributed by atoms with Crippen molar-refractivity contribution in [3.8, 4) is 0 Å². The van der Waals surface area contributed by atoms with Crippen molar-refractivity contribution in [2.24, 2.45) is 10.2 Å². The summed E-state index contributed by atoms with van der Waals surface area (Å²) in [5, 5.41) is 17.3. The average Bonchev–Trinajstić information content (AvgIpc) is 3.51. The first-order chi connectivity index (χ1) is 19.3. The minimum absolute atomic E-state index is 0.550. The van der Waals surface area contributed by atoms with Gasteiger partial charge in [0.25, 0.3) is 0 Å². The van der Waals surface area contributed by atoms with Crippen molar-refractivity contribution >= 4 is 109 Å². The summed E-state index contributed by atoms with van der Waals surface area (Å²) in [4.78, 5) is -0.550. The molecule has 0 saturated carbocycles. The molecule has 10 heteroatoms. The Bertz CT molecular complexity index is 1680. The molecule has 200 valence electrons. The molecule has 1 unspecified atom stereocenters. The van der Waals surface area contributed by atoms with E-state index in [1.165, 1.54) is 0 Å². The van der Waals surface area contributed by atoms with Crippen LogP contribution >= 0.6 is 87.2 Å². The Morgan fingerprint density at radius 3 is 1.80 bits per heavy atom. The van der Waals surface area contributed by atoms with Crippen LogP contribution in [0.3, 0.4) is 0 Å². The highest BCUT2D eigenvalue weighted by Crippen LogP contribution is 2.49. The normalized spacial score (nSPS) is 19.8. The summed E-state index contributed by atoms with van der Waals surface area (Å²) in [5.74, 6) is 0. The Morgan fingerprint density at radius 2 is 1.23 bits per heavy atom. The second-order valence-electron chi connectivity index (χ2n) is 9.10. The van der Waals surface area contributed by atoms with Gasteiger partial charge in [0.2, 0.25) is 0 Å². The van der Waals surface area contributed by atoms with Gasteiger partial charge in [0, 0.05) is 29.0 Å². The zero-order chi connectivity index (χ0) is 27.9. The molecular weight excluding hydrogens is 800 g/mol. The zero-order valence-corrected chi connectivity index (χ0v) is 28.9. The standard InChI is InChI=1S/C30H20Br4N4S2/c1-30(38(26-15-13-22(32)17-24(26)34)36-29(40-30)20-10-6-3-7-11-20)18-27-37(25-14-12-21(31)16-23(25)33)35-28(39-27)19-8-4-2-5-9-19/h2-18H,1H3. The molecule has 0 N–H and O–H groups in total. The number of hydrogen-bond donors (Lipinski definition) is 0. The molecule has 1 atom stereocenters. The summed E-state index contributed by atoms with van der Waals surface area (Å²) >= 11 is 18.1. The molecule has 4 aromatic carbocycles. The van der Waals surface area contributed by atoms with Crippen LogP contribution in [-0.4, -0.2) is 15.0 Å². The highest BCUT2D eigenvalue weighted by Gasteiger charge is 2.42. The number of anilines is 2. The average molecular weight is 820 g/mol. The maximum Gasteiger partial charge on any atom is 0.133 e. The molecule has 40 heavy (non-hydrogen) atoms. The molecule has 0 bridgehead atoms. The third-order valence-electron chi connectivity index (χ3n) is 6.22. The molecule has 2 aliphatic rings. The van der Waals surface area contributed by atoms with Crippen molar-refractivity contribution in [3.63, 3.8) is 0 Å². The smallest absolute Gasteiger partial charge is 0.133 e. The van der Waals surface area contributed by atoms with E-state index in [1.807, 2.05) is 59.6 Å². The number of halogens is 4. The van der Waals surface area contributed by atoms with Gasteiger partial charge in [-0.1, -0.05) is 104 Å². The maximum atomic E-state index is 5.16. The van der Waals surface area contributed by atoms with E-state index in [9.17, 15) is 0 Å². The summed E-state index contributed by atoms with van der Waals surface area (Å²) in [5.41, 5.74) is 4.09. The molecule has 0 fully saturated rings. The monoisotopic (exact) mass is 816 g/mol. The molecule has 6 rings (SSSR count). The van der Waals surface area contributed by atoms with Crippen LogP contribution in [0.5, 0.6) is 0 Å². The van der Waals surface area contributed by atoms with Gasteiger partial charge in [-0.05, 0) is 93.0 Å².